The minimum Gasteiger partial charge on any atom is -0.480 e. The smallest absolute Gasteiger partial charge is 0.320 e. The van der Waals surface area contributed by atoms with Crippen molar-refractivity contribution in [3.05, 3.63) is 35.6 Å². The van der Waals surface area contributed by atoms with Crippen molar-refractivity contribution in [2.24, 2.45) is 5.92 Å². The highest BCUT2D eigenvalue weighted by atomic mass is 19.1. The number of fused-ring (bicyclic) bond motifs is 1. The highest BCUT2D eigenvalue weighted by molar-refractivity contribution is 5.80. The van der Waals surface area contributed by atoms with E-state index < -0.39 is 12.0 Å². The van der Waals surface area contributed by atoms with Crippen molar-refractivity contribution in [3.63, 3.8) is 0 Å². The Kier molecular flexibility index (Phi) is 5.91. The molecule has 3 atom stereocenters. The van der Waals surface area contributed by atoms with Crippen LogP contribution < -0.4 is 0 Å². The molecule has 1 saturated carbocycles. The van der Waals surface area contributed by atoms with Gasteiger partial charge in [-0.3, -0.25) is 14.5 Å². The maximum absolute atomic E-state index is 13.4. The molecule has 1 saturated heterocycles. The lowest BCUT2D eigenvalue weighted by molar-refractivity contribution is -0.144. The lowest BCUT2D eigenvalue weighted by Gasteiger charge is -2.34. The predicted molar refractivity (Wildman–Crippen MR) is 96.0 cm³/mol. The first-order valence-corrected chi connectivity index (χ1v) is 9.50. The summed E-state index contributed by atoms with van der Waals surface area (Å²) in [6.45, 7) is 2.86. The molecule has 1 amide bonds. The lowest BCUT2D eigenvalue weighted by atomic mass is 9.85. The van der Waals surface area contributed by atoms with Crippen LogP contribution in [0.2, 0.25) is 0 Å². The largest absolute Gasteiger partial charge is 0.480 e. The van der Waals surface area contributed by atoms with Crippen LogP contribution in [0, 0.1) is 11.7 Å². The molecule has 26 heavy (non-hydrogen) atoms. The van der Waals surface area contributed by atoms with Crippen molar-refractivity contribution < 1.29 is 19.1 Å². The Hall–Kier alpha value is -1.95. The molecule has 1 aromatic rings. The second kappa shape index (κ2) is 8.16. The van der Waals surface area contributed by atoms with Gasteiger partial charge in [0.05, 0.1) is 6.54 Å². The first-order chi connectivity index (χ1) is 12.5. The Morgan fingerprint density at radius 3 is 2.77 bits per heavy atom. The van der Waals surface area contributed by atoms with Gasteiger partial charge in [0, 0.05) is 19.1 Å². The van der Waals surface area contributed by atoms with E-state index in [0.29, 0.717) is 25.4 Å². The number of rotatable bonds is 6. The molecule has 6 heteroatoms. The van der Waals surface area contributed by atoms with Gasteiger partial charge in [-0.05, 0) is 49.8 Å². The summed E-state index contributed by atoms with van der Waals surface area (Å²) in [6, 6.07) is 5.87. The predicted octanol–water partition coefficient (Wildman–Crippen LogP) is 2.89. The molecular weight excluding hydrogens is 335 g/mol. The van der Waals surface area contributed by atoms with Crippen LogP contribution in [0.15, 0.2) is 24.3 Å². The quantitative estimate of drug-likeness (QED) is 0.845. The Morgan fingerprint density at radius 2 is 2.08 bits per heavy atom. The van der Waals surface area contributed by atoms with Crippen LogP contribution >= 0.6 is 0 Å². The van der Waals surface area contributed by atoms with Gasteiger partial charge in [0.2, 0.25) is 5.91 Å². The number of nitrogens with zero attached hydrogens (tertiary/aromatic N) is 2. The molecule has 1 heterocycles. The summed E-state index contributed by atoms with van der Waals surface area (Å²) in [7, 11) is 0. The molecule has 1 aromatic carbocycles. The first-order valence-electron chi connectivity index (χ1n) is 9.50. The fourth-order valence-corrected chi connectivity index (χ4v) is 4.51. The van der Waals surface area contributed by atoms with Gasteiger partial charge in [-0.25, -0.2) is 4.39 Å². The van der Waals surface area contributed by atoms with Crippen molar-refractivity contribution in [1.29, 1.82) is 0 Å². The number of likely N-dealkylation sites (tertiary alicyclic amines) is 1. The fourth-order valence-electron chi connectivity index (χ4n) is 4.51. The number of benzene rings is 1. The number of halogens is 1. The van der Waals surface area contributed by atoms with Crippen LogP contribution in [-0.2, 0) is 16.1 Å². The molecule has 1 N–H and O–H groups in total. The van der Waals surface area contributed by atoms with Crippen molar-refractivity contribution >= 4 is 11.9 Å². The lowest BCUT2D eigenvalue weighted by Crippen LogP contribution is -2.48. The zero-order valence-electron chi connectivity index (χ0n) is 15.2. The number of amides is 1. The Bertz CT molecular complexity index is 666. The maximum atomic E-state index is 13.4. The number of carboxylic acid groups (broad SMARTS) is 1. The number of likely N-dealkylation sites (N-methyl/N-ethyl adjacent to an activating group) is 1. The van der Waals surface area contributed by atoms with Gasteiger partial charge in [0.25, 0.3) is 0 Å². The van der Waals surface area contributed by atoms with E-state index in [0.717, 1.165) is 31.2 Å². The van der Waals surface area contributed by atoms with E-state index in [9.17, 15) is 19.1 Å². The van der Waals surface area contributed by atoms with Gasteiger partial charge >= 0.3 is 5.97 Å². The van der Waals surface area contributed by atoms with E-state index >= 15 is 0 Å². The van der Waals surface area contributed by atoms with E-state index in [1.807, 2.05) is 11.8 Å². The van der Waals surface area contributed by atoms with Gasteiger partial charge in [0.15, 0.2) is 0 Å². The normalized spacial score (nSPS) is 25.7. The number of carbonyl (C=O) groups is 2. The van der Waals surface area contributed by atoms with Crippen molar-refractivity contribution in [3.8, 4) is 0 Å². The Morgan fingerprint density at radius 1 is 1.31 bits per heavy atom. The zero-order valence-corrected chi connectivity index (χ0v) is 15.2. The molecule has 142 valence electrons. The Balaban J connectivity index is 1.70. The van der Waals surface area contributed by atoms with Crippen molar-refractivity contribution in [2.45, 2.75) is 57.7 Å². The number of aliphatic carboxylic acids is 1. The molecular formula is C20H27FN2O3. The molecule has 5 nitrogen and oxygen atoms in total. The molecule has 0 aromatic heterocycles. The highest BCUT2D eigenvalue weighted by Crippen LogP contribution is 2.39. The molecule has 1 aliphatic heterocycles. The summed E-state index contributed by atoms with van der Waals surface area (Å²) in [5, 5.41) is 9.60. The molecule has 0 bridgehead atoms. The van der Waals surface area contributed by atoms with Gasteiger partial charge in [-0.2, -0.15) is 0 Å². The Labute approximate surface area is 153 Å². The van der Waals surface area contributed by atoms with Gasteiger partial charge in [-0.15, -0.1) is 0 Å². The monoisotopic (exact) mass is 362 g/mol. The zero-order chi connectivity index (χ0) is 18.7. The van der Waals surface area contributed by atoms with Gasteiger partial charge < -0.3 is 10.0 Å². The van der Waals surface area contributed by atoms with Crippen LogP contribution in [0.1, 0.15) is 44.6 Å². The number of carbonyl (C=O) groups excluding carboxylic acids is 1. The summed E-state index contributed by atoms with van der Waals surface area (Å²) in [5.41, 5.74) is 0.743. The first kappa shape index (κ1) is 18.8. The van der Waals surface area contributed by atoms with E-state index in [1.165, 1.54) is 12.1 Å². The average molecular weight is 362 g/mol. The maximum Gasteiger partial charge on any atom is 0.320 e. The van der Waals surface area contributed by atoms with E-state index in [2.05, 4.69) is 0 Å². The molecule has 1 aliphatic carbocycles. The summed E-state index contributed by atoms with van der Waals surface area (Å²) < 4.78 is 13.4. The van der Waals surface area contributed by atoms with Crippen LogP contribution in [0.4, 0.5) is 4.39 Å². The molecule has 2 aliphatic rings. The average Bonchev–Trinajstić information content (AvgIpc) is 2.98. The summed E-state index contributed by atoms with van der Waals surface area (Å²) in [5.74, 6) is -0.855. The third-order valence-electron chi connectivity index (χ3n) is 5.82. The highest BCUT2D eigenvalue weighted by Gasteiger charge is 2.46. The minimum atomic E-state index is -0.833. The molecule has 3 unspecified atom stereocenters. The van der Waals surface area contributed by atoms with Gasteiger partial charge in [0.1, 0.15) is 11.9 Å². The van der Waals surface area contributed by atoms with Crippen LogP contribution in [0.3, 0.4) is 0 Å². The van der Waals surface area contributed by atoms with Crippen molar-refractivity contribution in [1.82, 2.24) is 9.80 Å². The third kappa shape index (κ3) is 4.06. The van der Waals surface area contributed by atoms with E-state index in [-0.39, 0.29) is 24.3 Å². The second-order valence-corrected chi connectivity index (χ2v) is 7.41. The topological polar surface area (TPSA) is 60.9 Å². The number of carboxylic acids is 1. The molecule has 0 spiro atoms. The summed E-state index contributed by atoms with van der Waals surface area (Å²) in [6.07, 6.45) is 4.91. The summed E-state index contributed by atoms with van der Waals surface area (Å²) >= 11 is 0. The third-order valence-corrected chi connectivity index (χ3v) is 5.82. The number of hydrogen-bond donors (Lipinski definition) is 1. The van der Waals surface area contributed by atoms with E-state index in [1.54, 1.807) is 17.0 Å². The van der Waals surface area contributed by atoms with Crippen LogP contribution in [-0.4, -0.2) is 52.0 Å². The fraction of sp³-hybridized carbons (Fsp3) is 0.600. The standard InChI is InChI=1S/C20H27FN2O3/c1-2-22(12-14-6-5-8-16(21)10-14)19(24)13-23-17-9-4-3-7-15(17)11-18(23)20(25)26/h5-6,8,10,15,17-18H,2-4,7,9,11-13H2,1H3,(H,25,26). The SMILES string of the molecule is CCN(Cc1cccc(F)c1)C(=O)CN1C(C(=O)O)CC2CCCCC21. The van der Waals surface area contributed by atoms with E-state index in [4.69, 9.17) is 0 Å². The van der Waals surface area contributed by atoms with Crippen LogP contribution in [0.25, 0.3) is 0 Å². The molecule has 2 fully saturated rings. The molecule has 3 rings (SSSR count). The minimum absolute atomic E-state index is 0.0887. The van der Waals surface area contributed by atoms with Crippen LogP contribution in [0.5, 0.6) is 0 Å². The second-order valence-electron chi connectivity index (χ2n) is 7.41. The molecule has 0 radical (unpaired) electrons. The summed E-state index contributed by atoms with van der Waals surface area (Å²) in [4.78, 5) is 28.1. The van der Waals surface area contributed by atoms with Crippen molar-refractivity contribution in [2.75, 3.05) is 13.1 Å². The number of hydrogen-bond acceptors (Lipinski definition) is 3. The van der Waals surface area contributed by atoms with Gasteiger partial charge in [-0.1, -0.05) is 25.0 Å².